The molecule has 190 valence electrons. The molecule has 0 atom stereocenters. The summed E-state index contributed by atoms with van der Waals surface area (Å²) in [6, 6.07) is 27.4. The summed E-state index contributed by atoms with van der Waals surface area (Å²) in [6.07, 6.45) is 1.59. The fourth-order valence-corrected chi connectivity index (χ4v) is 3.83. The van der Waals surface area contributed by atoms with E-state index in [1.165, 1.54) is 24.3 Å². The SMILES string of the molecule is COc1ccc(C(=O)Oc2cccc(C(C)(C)c3cccc(OC(=O)c4ccc(OC#N)cc4)c3)c2)cc1. The van der Waals surface area contributed by atoms with Crippen LogP contribution in [0.3, 0.4) is 0 Å². The Hall–Kier alpha value is -5.09. The second-order valence-corrected chi connectivity index (χ2v) is 8.91. The molecule has 0 unspecified atom stereocenters. The average molecular weight is 508 g/mol. The van der Waals surface area contributed by atoms with Crippen LogP contribution in [0, 0.1) is 11.5 Å². The molecule has 38 heavy (non-hydrogen) atoms. The maximum absolute atomic E-state index is 12.6. The van der Waals surface area contributed by atoms with Gasteiger partial charge in [0, 0.05) is 5.41 Å². The molecule has 4 aromatic rings. The molecule has 0 heterocycles. The van der Waals surface area contributed by atoms with Gasteiger partial charge in [-0.25, -0.2) is 9.59 Å². The lowest BCUT2D eigenvalue weighted by atomic mass is 9.78. The molecule has 0 bridgehead atoms. The van der Waals surface area contributed by atoms with E-state index >= 15 is 0 Å². The highest BCUT2D eigenvalue weighted by Crippen LogP contribution is 2.35. The molecule has 0 aliphatic carbocycles. The Morgan fingerprint density at radius 3 is 1.53 bits per heavy atom. The van der Waals surface area contributed by atoms with Crippen LogP contribution in [0.2, 0.25) is 0 Å². The molecule has 0 saturated carbocycles. The van der Waals surface area contributed by atoms with Crippen molar-refractivity contribution in [1.82, 2.24) is 0 Å². The monoisotopic (exact) mass is 507 g/mol. The van der Waals surface area contributed by atoms with E-state index in [9.17, 15) is 9.59 Å². The first-order valence-electron chi connectivity index (χ1n) is 11.8. The summed E-state index contributed by atoms with van der Waals surface area (Å²) in [5.41, 5.74) is 2.05. The van der Waals surface area contributed by atoms with Gasteiger partial charge in [0.05, 0.1) is 18.2 Å². The summed E-state index contributed by atoms with van der Waals surface area (Å²) in [4.78, 5) is 25.3. The van der Waals surface area contributed by atoms with E-state index in [-0.39, 0.29) is 0 Å². The van der Waals surface area contributed by atoms with Crippen LogP contribution in [0.4, 0.5) is 0 Å². The lowest BCUT2D eigenvalue weighted by molar-refractivity contribution is 0.0725. The second kappa shape index (κ2) is 11.3. The lowest BCUT2D eigenvalue weighted by Crippen LogP contribution is -2.19. The fraction of sp³-hybridized carbons (Fsp3) is 0.129. The maximum atomic E-state index is 12.6. The number of ether oxygens (including phenoxy) is 4. The van der Waals surface area contributed by atoms with Crippen LogP contribution in [0.5, 0.6) is 23.0 Å². The first-order chi connectivity index (χ1) is 18.3. The molecular weight excluding hydrogens is 482 g/mol. The van der Waals surface area contributed by atoms with E-state index in [0.29, 0.717) is 34.1 Å². The van der Waals surface area contributed by atoms with Crippen LogP contribution in [0.15, 0.2) is 97.1 Å². The first-order valence-corrected chi connectivity index (χ1v) is 11.8. The van der Waals surface area contributed by atoms with Gasteiger partial charge in [-0.05, 0) is 83.9 Å². The lowest BCUT2D eigenvalue weighted by Gasteiger charge is -2.27. The number of methoxy groups -OCH3 is 1. The smallest absolute Gasteiger partial charge is 0.343 e. The third-order valence-electron chi connectivity index (χ3n) is 6.11. The van der Waals surface area contributed by atoms with Gasteiger partial charge in [-0.15, -0.1) is 5.26 Å². The van der Waals surface area contributed by atoms with Crippen LogP contribution in [-0.2, 0) is 5.41 Å². The predicted molar refractivity (Wildman–Crippen MR) is 141 cm³/mol. The number of hydrogen-bond acceptors (Lipinski definition) is 7. The number of esters is 2. The Morgan fingerprint density at radius 1 is 0.658 bits per heavy atom. The molecule has 0 aliphatic heterocycles. The van der Waals surface area contributed by atoms with E-state index in [2.05, 4.69) is 0 Å². The van der Waals surface area contributed by atoms with E-state index in [1.807, 2.05) is 44.2 Å². The van der Waals surface area contributed by atoms with Crippen molar-refractivity contribution in [2.24, 2.45) is 0 Å². The van der Waals surface area contributed by atoms with E-state index in [1.54, 1.807) is 55.8 Å². The van der Waals surface area contributed by atoms with Crippen molar-refractivity contribution < 1.29 is 28.5 Å². The third kappa shape index (κ3) is 6.00. The van der Waals surface area contributed by atoms with E-state index in [4.69, 9.17) is 24.2 Å². The summed E-state index contributed by atoms with van der Waals surface area (Å²) in [5.74, 6) is 0.800. The van der Waals surface area contributed by atoms with Crippen molar-refractivity contribution >= 4 is 11.9 Å². The van der Waals surface area contributed by atoms with Gasteiger partial charge in [-0.1, -0.05) is 38.1 Å². The molecule has 0 N–H and O–H groups in total. The molecule has 7 heteroatoms. The fourth-order valence-electron chi connectivity index (χ4n) is 3.83. The van der Waals surface area contributed by atoms with Crippen molar-refractivity contribution in [2.75, 3.05) is 7.11 Å². The minimum atomic E-state index is -0.532. The number of carbonyl (C=O) groups excluding carboxylic acids is 2. The summed E-state index contributed by atoms with van der Waals surface area (Å²) in [5, 5.41) is 8.59. The van der Waals surface area contributed by atoms with Gasteiger partial charge >= 0.3 is 11.9 Å². The van der Waals surface area contributed by atoms with Gasteiger partial charge in [0.25, 0.3) is 6.26 Å². The highest BCUT2D eigenvalue weighted by Gasteiger charge is 2.25. The molecule has 4 aromatic carbocycles. The molecule has 0 spiro atoms. The van der Waals surface area contributed by atoms with Crippen molar-refractivity contribution in [3.05, 3.63) is 119 Å². The standard InChI is InChI=1S/C31H25NO6/c1-31(2,23-6-4-8-27(18-23)37-29(33)21-10-14-25(35-3)15-11-21)24-7-5-9-28(19-24)38-30(34)22-12-16-26(17-13-22)36-20-32/h4-19H,1-3H3. The van der Waals surface area contributed by atoms with Gasteiger partial charge < -0.3 is 18.9 Å². The van der Waals surface area contributed by atoms with Crippen molar-refractivity contribution in [2.45, 2.75) is 19.3 Å². The Kier molecular flexibility index (Phi) is 7.74. The number of rotatable bonds is 8. The van der Waals surface area contributed by atoms with Gasteiger partial charge in [0.15, 0.2) is 0 Å². The number of nitriles is 1. The van der Waals surface area contributed by atoms with Gasteiger partial charge in [0.1, 0.15) is 23.0 Å². The second-order valence-electron chi connectivity index (χ2n) is 8.91. The van der Waals surface area contributed by atoms with Crippen LogP contribution in [0.25, 0.3) is 0 Å². The number of nitrogens with zero attached hydrogens (tertiary/aromatic N) is 1. The van der Waals surface area contributed by atoms with Gasteiger partial charge in [-0.3, -0.25) is 0 Å². The third-order valence-corrected chi connectivity index (χ3v) is 6.11. The zero-order chi connectivity index (χ0) is 27.1. The number of benzene rings is 4. The zero-order valence-electron chi connectivity index (χ0n) is 21.1. The molecule has 0 aromatic heterocycles. The quantitative estimate of drug-likeness (QED) is 0.156. The minimum absolute atomic E-state index is 0.325. The molecular formula is C31H25NO6. The normalized spacial score (nSPS) is 10.7. The Morgan fingerprint density at radius 2 is 1.11 bits per heavy atom. The van der Waals surface area contributed by atoms with E-state index < -0.39 is 17.4 Å². The van der Waals surface area contributed by atoms with Gasteiger partial charge in [-0.2, -0.15) is 0 Å². The maximum Gasteiger partial charge on any atom is 0.343 e. The Bertz CT molecular complexity index is 1480. The van der Waals surface area contributed by atoms with E-state index in [0.717, 1.165) is 11.1 Å². The molecule has 7 nitrogen and oxygen atoms in total. The largest absolute Gasteiger partial charge is 0.497 e. The molecule has 0 amide bonds. The summed E-state index contributed by atoms with van der Waals surface area (Å²) < 4.78 is 21.1. The van der Waals surface area contributed by atoms with Gasteiger partial charge in [0.2, 0.25) is 0 Å². The highest BCUT2D eigenvalue weighted by atomic mass is 16.5. The summed E-state index contributed by atoms with van der Waals surface area (Å²) >= 11 is 0. The number of carbonyl (C=O) groups is 2. The van der Waals surface area contributed by atoms with Crippen LogP contribution < -0.4 is 18.9 Å². The summed E-state index contributed by atoms with van der Waals surface area (Å²) in [6.45, 7) is 4.07. The predicted octanol–water partition coefficient (Wildman–Crippen LogP) is 6.32. The topological polar surface area (TPSA) is 94.8 Å². The van der Waals surface area contributed by atoms with Crippen LogP contribution in [0.1, 0.15) is 45.7 Å². The molecule has 0 saturated heterocycles. The number of hydrogen-bond donors (Lipinski definition) is 0. The molecule has 0 radical (unpaired) electrons. The Labute approximate surface area is 220 Å². The van der Waals surface area contributed by atoms with Crippen molar-refractivity contribution in [1.29, 1.82) is 5.26 Å². The highest BCUT2D eigenvalue weighted by molar-refractivity contribution is 5.91. The first kappa shape index (κ1) is 26.0. The molecule has 0 fully saturated rings. The van der Waals surface area contributed by atoms with Crippen molar-refractivity contribution in [3.8, 4) is 29.3 Å². The average Bonchev–Trinajstić information content (AvgIpc) is 2.94. The Balaban J connectivity index is 1.50. The summed E-state index contributed by atoms with van der Waals surface area (Å²) in [7, 11) is 1.56. The van der Waals surface area contributed by atoms with Crippen LogP contribution in [-0.4, -0.2) is 19.0 Å². The minimum Gasteiger partial charge on any atom is -0.497 e. The van der Waals surface area contributed by atoms with Crippen LogP contribution >= 0.6 is 0 Å². The molecule has 0 aliphatic rings. The van der Waals surface area contributed by atoms with Crippen molar-refractivity contribution in [3.63, 3.8) is 0 Å². The molecule has 4 rings (SSSR count). The zero-order valence-corrected chi connectivity index (χ0v) is 21.1.